The van der Waals surface area contributed by atoms with Crippen molar-refractivity contribution >= 4 is 0 Å². The largest absolute Gasteiger partial charge is 0.396 e. The highest BCUT2D eigenvalue weighted by Crippen LogP contribution is 2.79. The highest BCUT2D eigenvalue weighted by molar-refractivity contribution is 5.36. The normalized spacial score (nSPS) is 60.4. The van der Waals surface area contributed by atoms with E-state index in [1.165, 1.54) is 0 Å². The van der Waals surface area contributed by atoms with Gasteiger partial charge in [0.05, 0.1) is 37.6 Å². The predicted molar refractivity (Wildman–Crippen MR) is 160 cm³/mol. The van der Waals surface area contributed by atoms with Gasteiger partial charge >= 0.3 is 0 Å². The van der Waals surface area contributed by atoms with Gasteiger partial charge in [0.2, 0.25) is 0 Å². The van der Waals surface area contributed by atoms with Gasteiger partial charge in [0.15, 0.2) is 6.29 Å². The smallest absolute Gasteiger partial charge is 0.186 e. The minimum Gasteiger partial charge on any atom is -0.396 e. The molecule has 2 saturated heterocycles. The number of ether oxygens (including phenoxy) is 3. The van der Waals surface area contributed by atoms with E-state index in [9.17, 15) is 25.5 Å². The van der Waals surface area contributed by atoms with Crippen LogP contribution >= 0.6 is 0 Å². The van der Waals surface area contributed by atoms with Crippen molar-refractivity contribution in [3.63, 3.8) is 0 Å². The fourth-order valence-electron chi connectivity index (χ4n) is 12.6. The number of fused-ring (bicyclic) bond motifs is 4. The highest BCUT2D eigenvalue weighted by atomic mass is 16.7. The lowest BCUT2D eigenvalue weighted by molar-refractivity contribution is -0.314. The van der Waals surface area contributed by atoms with Crippen molar-refractivity contribution in [3.8, 4) is 0 Å². The standard InChI is InChI=1S/C35H56O8/c1-29(2)13-14-34-19-42-35(23(34)15-29)12-8-22-30(3)10-9-25(43-28-27(40)26(39)20(37)17-41-28)31(4,18-36)21(30)7-11-32(22,5)33(35,6)16-24(34)38/h8,12,20-28,36-40H,7,9-11,13-19H2,1-6H3/t20-,21-,22+,23-,24-,25-,26-,27+,28-,30-,31-,32+,33-,34+,35-/m0/s1. The molecule has 2 bridgehead atoms. The maximum Gasteiger partial charge on any atom is 0.186 e. The molecule has 7 aliphatic rings. The molecule has 1 spiro atoms. The van der Waals surface area contributed by atoms with E-state index < -0.39 is 30.0 Å². The molecule has 0 radical (unpaired) electrons. The minimum atomic E-state index is -1.35. The molecule has 15 atom stereocenters. The number of allylic oxidation sites excluding steroid dienone is 1. The molecule has 0 aromatic heterocycles. The van der Waals surface area contributed by atoms with E-state index in [1.54, 1.807) is 0 Å². The number of aliphatic hydroxyl groups excluding tert-OH is 5. The molecule has 7 rings (SSSR count). The Bertz CT molecular complexity index is 1160. The zero-order chi connectivity index (χ0) is 31.0. The molecule has 2 heterocycles. The fraction of sp³-hybridized carbons (Fsp3) is 0.943. The van der Waals surface area contributed by atoms with Crippen LogP contribution in [0.2, 0.25) is 0 Å². The number of aliphatic hydroxyl groups is 5. The molecule has 43 heavy (non-hydrogen) atoms. The van der Waals surface area contributed by atoms with Crippen molar-refractivity contribution in [2.45, 2.75) is 135 Å². The summed E-state index contributed by atoms with van der Waals surface area (Å²) in [5, 5.41) is 53.8. The summed E-state index contributed by atoms with van der Waals surface area (Å²) in [6, 6.07) is 0. The Morgan fingerprint density at radius 2 is 1.60 bits per heavy atom. The second kappa shape index (κ2) is 9.50. The van der Waals surface area contributed by atoms with Crippen LogP contribution in [0.5, 0.6) is 0 Å². The Morgan fingerprint density at radius 1 is 0.860 bits per heavy atom. The van der Waals surface area contributed by atoms with Crippen molar-refractivity contribution in [1.29, 1.82) is 0 Å². The Labute approximate surface area is 257 Å². The van der Waals surface area contributed by atoms with Crippen molar-refractivity contribution in [1.82, 2.24) is 0 Å². The first-order valence-electron chi connectivity index (χ1n) is 17.0. The van der Waals surface area contributed by atoms with Gasteiger partial charge in [-0.15, -0.1) is 0 Å². The topological polar surface area (TPSA) is 129 Å². The van der Waals surface area contributed by atoms with Gasteiger partial charge < -0.3 is 39.7 Å². The van der Waals surface area contributed by atoms with Gasteiger partial charge in [0.25, 0.3) is 0 Å². The van der Waals surface area contributed by atoms with E-state index in [0.717, 1.165) is 44.9 Å². The average Bonchev–Trinajstić information content (AvgIpc) is 3.22. The molecule has 244 valence electrons. The van der Waals surface area contributed by atoms with Crippen molar-refractivity contribution in [3.05, 3.63) is 12.2 Å². The Balaban J connectivity index is 1.23. The van der Waals surface area contributed by atoms with Crippen LogP contribution in [-0.4, -0.2) is 87.8 Å². The van der Waals surface area contributed by atoms with Crippen LogP contribution in [0, 0.1) is 50.2 Å². The Morgan fingerprint density at radius 3 is 2.33 bits per heavy atom. The molecule has 0 amide bonds. The molecule has 0 aromatic carbocycles. The Kier molecular flexibility index (Phi) is 6.85. The molecule has 5 N–H and O–H groups in total. The first-order chi connectivity index (χ1) is 20.0. The van der Waals surface area contributed by atoms with Gasteiger partial charge in [-0.2, -0.15) is 0 Å². The van der Waals surface area contributed by atoms with Gasteiger partial charge in [0.1, 0.15) is 18.3 Å². The minimum absolute atomic E-state index is 0.0538. The predicted octanol–water partition coefficient (Wildman–Crippen LogP) is 3.56. The van der Waals surface area contributed by atoms with Crippen LogP contribution in [-0.2, 0) is 14.2 Å². The molecule has 5 aliphatic carbocycles. The first kappa shape index (κ1) is 31.0. The van der Waals surface area contributed by atoms with E-state index >= 15 is 0 Å². The van der Waals surface area contributed by atoms with Gasteiger partial charge in [0, 0.05) is 22.2 Å². The monoisotopic (exact) mass is 604 g/mol. The molecule has 2 aliphatic heterocycles. The third-order valence-electron chi connectivity index (χ3n) is 15.5. The number of rotatable bonds is 3. The summed E-state index contributed by atoms with van der Waals surface area (Å²) in [6.07, 6.45) is 6.79. The zero-order valence-corrected chi connectivity index (χ0v) is 27.1. The van der Waals surface area contributed by atoms with Crippen LogP contribution < -0.4 is 0 Å². The van der Waals surface area contributed by atoms with Gasteiger partial charge in [-0.25, -0.2) is 0 Å². The molecular formula is C35H56O8. The van der Waals surface area contributed by atoms with E-state index in [0.29, 0.717) is 18.9 Å². The summed E-state index contributed by atoms with van der Waals surface area (Å²) in [4.78, 5) is 0. The maximum atomic E-state index is 12.0. The summed E-state index contributed by atoms with van der Waals surface area (Å²) in [7, 11) is 0. The lowest BCUT2D eigenvalue weighted by atomic mass is 9.32. The van der Waals surface area contributed by atoms with Crippen molar-refractivity contribution in [2.24, 2.45) is 50.2 Å². The summed E-state index contributed by atoms with van der Waals surface area (Å²) < 4.78 is 19.1. The van der Waals surface area contributed by atoms with Crippen molar-refractivity contribution in [2.75, 3.05) is 19.8 Å². The van der Waals surface area contributed by atoms with Crippen LogP contribution in [0.4, 0.5) is 0 Å². The fourth-order valence-corrected chi connectivity index (χ4v) is 12.6. The summed E-state index contributed by atoms with van der Waals surface area (Å²) >= 11 is 0. The van der Waals surface area contributed by atoms with Crippen LogP contribution in [0.1, 0.15) is 92.9 Å². The molecule has 6 fully saturated rings. The maximum absolute atomic E-state index is 12.0. The zero-order valence-electron chi connectivity index (χ0n) is 27.1. The molecule has 4 saturated carbocycles. The van der Waals surface area contributed by atoms with Crippen LogP contribution in [0.3, 0.4) is 0 Å². The molecule has 8 heteroatoms. The van der Waals surface area contributed by atoms with E-state index in [2.05, 4.69) is 53.7 Å². The first-order valence-corrected chi connectivity index (χ1v) is 17.0. The molecule has 0 unspecified atom stereocenters. The summed E-state index contributed by atoms with van der Waals surface area (Å²) in [5.74, 6) is 0.709. The quantitative estimate of drug-likeness (QED) is 0.244. The van der Waals surface area contributed by atoms with Gasteiger partial charge in [-0.3, -0.25) is 0 Å². The van der Waals surface area contributed by atoms with Crippen molar-refractivity contribution < 1.29 is 39.7 Å². The van der Waals surface area contributed by atoms with Gasteiger partial charge in [-0.1, -0.05) is 53.7 Å². The molecular weight excluding hydrogens is 548 g/mol. The number of hydrogen-bond acceptors (Lipinski definition) is 8. The average molecular weight is 605 g/mol. The summed E-state index contributed by atoms with van der Waals surface area (Å²) in [6.45, 7) is 14.7. The van der Waals surface area contributed by atoms with Crippen LogP contribution in [0.25, 0.3) is 0 Å². The third-order valence-corrected chi connectivity index (χ3v) is 15.5. The lowest BCUT2D eigenvalue weighted by Gasteiger charge is -2.73. The van der Waals surface area contributed by atoms with Crippen LogP contribution in [0.15, 0.2) is 12.2 Å². The Hall–Kier alpha value is -0.580. The lowest BCUT2D eigenvalue weighted by Crippen LogP contribution is -2.72. The second-order valence-electron chi connectivity index (χ2n) is 17.7. The van der Waals surface area contributed by atoms with Gasteiger partial charge in [-0.05, 0) is 79.4 Å². The molecule has 8 nitrogen and oxygen atoms in total. The highest BCUT2D eigenvalue weighted by Gasteiger charge is 2.79. The third kappa shape index (κ3) is 3.73. The van der Waals surface area contributed by atoms with E-state index in [1.807, 2.05) is 0 Å². The second-order valence-corrected chi connectivity index (χ2v) is 17.7. The molecule has 0 aromatic rings. The SMILES string of the molecule is CC1(C)CC[C@]23CO[C@@]4(C=C[C@@H]5[C@@]6(C)CC[C@H](O[C@@H]7OC[C@H](O)[C@H](O)[C@H]7O)[C@@](C)(CO)[C@H]6CC[C@@]5(C)[C@]4(C)C[C@@H]2O)[C@H]3C1. The van der Waals surface area contributed by atoms with E-state index in [4.69, 9.17) is 14.2 Å². The van der Waals surface area contributed by atoms with E-state index in [-0.39, 0.29) is 69.9 Å². The number of hydrogen-bond donors (Lipinski definition) is 5. The summed E-state index contributed by atoms with van der Waals surface area (Å²) in [5.41, 5.74) is -1.32.